The first-order valence-electron chi connectivity index (χ1n) is 5.97. The number of alkyl halides is 6. The number of fused-ring (bicyclic) bond motifs is 1. The van der Waals surface area contributed by atoms with Gasteiger partial charge < -0.3 is 9.47 Å². The lowest BCUT2D eigenvalue weighted by atomic mass is 10.1. The number of rotatable bonds is 4. The molecule has 1 unspecified atom stereocenters. The summed E-state index contributed by atoms with van der Waals surface area (Å²) < 4.78 is 87.9. The smallest absolute Gasteiger partial charge is 0.423 e. The molecule has 1 atom stereocenters. The van der Waals surface area contributed by atoms with Crippen LogP contribution >= 0.6 is 0 Å². The van der Waals surface area contributed by atoms with Crippen molar-refractivity contribution in [2.24, 2.45) is 0 Å². The van der Waals surface area contributed by atoms with Gasteiger partial charge in [-0.05, 0) is 24.1 Å². The summed E-state index contributed by atoms with van der Waals surface area (Å²) in [4.78, 5) is 0. The summed E-state index contributed by atoms with van der Waals surface area (Å²) >= 11 is 0. The van der Waals surface area contributed by atoms with E-state index in [1.165, 1.54) is 12.1 Å². The van der Waals surface area contributed by atoms with E-state index in [1.807, 2.05) is 0 Å². The van der Waals surface area contributed by atoms with Crippen LogP contribution in [-0.4, -0.2) is 24.9 Å². The van der Waals surface area contributed by atoms with Crippen molar-refractivity contribution in [1.29, 1.82) is 0 Å². The average Bonchev–Trinajstić information content (AvgIpc) is 2.75. The van der Waals surface area contributed by atoms with Crippen LogP contribution in [0.2, 0.25) is 0 Å². The molecule has 0 radical (unpaired) electrons. The van der Waals surface area contributed by atoms with Crippen molar-refractivity contribution in [2.45, 2.75) is 31.4 Å². The number of allylic oxidation sites excluding steroid dienone is 1. The number of benzene rings is 1. The predicted molar refractivity (Wildman–Crippen MR) is 62.4 cm³/mol. The van der Waals surface area contributed by atoms with Gasteiger partial charge in [0.2, 0.25) is 0 Å². The third kappa shape index (κ3) is 3.65. The zero-order valence-electron chi connectivity index (χ0n) is 10.9. The zero-order chi connectivity index (χ0) is 16.5. The normalized spacial score (nSPS) is 17.9. The fourth-order valence-corrected chi connectivity index (χ4v) is 1.77. The van der Waals surface area contributed by atoms with E-state index in [0.717, 1.165) is 0 Å². The summed E-state index contributed by atoms with van der Waals surface area (Å²) in [5.41, 5.74) is 0.709. The van der Waals surface area contributed by atoms with E-state index in [2.05, 4.69) is 11.3 Å². The summed E-state index contributed by atoms with van der Waals surface area (Å²) in [5.74, 6) is 0.00774. The molecular weight excluding hydrogens is 318 g/mol. The number of hydrogen-bond acceptors (Lipinski definition) is 3. The van der Waals surface area contributed by atoms with E-state index in [9.17, 15) is 26.3 Å². The molecule has 1 heterocycles. The third-order valence-electron chi connectivity index (χ3n) is 2.68. The summed E-state index contributed by atoms with van der Waals surface area (Å²) in [6.45, 7) is 1.39. The average molecular weight is 328 g/mol. The monoisotopic (exact) mass is 328 g/mol. The van der Waals surface area contributed by atoms with Crippen molar-refractivity contribution in [1.82, 2.24) is 0 Å². The molecule has 0 aliphatic carbocycles. The topological polar surface area (TPSA) is 27.7 Å². The number of hydrogen-bond donors (Lipinski definition) is 0. The molecule has 0 saturated heterocycles. The van der Waals surface area contributed by atoms with Crippen molar-refractivity contribution in [2.75, 3.05) is 0 Å². The van der Waals surface area contributed by atoms with Gasteiger partial charge in [0.1, 0.15) is 0 Å². The van der Waals surface area contributed by atoms with Gasteiger partial charge >= 0.3 is 18.8 Å². The fourth-order valence-electron chi connectivity index (χ4n) is 1.77. The highest BCUT2D eigenvalue weighted by Crippen LogP contribution is 2.40. The molecule has 0 fully saturated rings. The summed E-state index contributed by atoms with van der Waals surface area (Å²) in [7, 11) is 0. The van der Waals surface area contributed by atoms with Gasteiger partial charge in [0.05, 0.1) is 0 Å². The van der Waals surface area contributed by atoms with E-state index >= 15 is 0 Å². The van der Waals surface area contributed by atoms with Crippen LogP contribution in [0.4, 0.5) is 26.3 Å². The molecule has 0 spiro atoms. The molecule has 1 aliphatic heterocycles. The van der Waals surface area contributed by atoms with E-state index in [4.69, 9.17) is 9.47 Å². The van der Waals surface area contributed by atoms with Crippen molar-refractivity contribution in [3.05, 3.63) is 36.4 Å². The van der Waals surface area contributed by atoms with Crippen LogP contribution in [0.15, 0.2) is 30.9 Å². The maximum absolute atomic E-state index is 12.4. The Morgan fingerprint density at radius 2 is 1.68 bits per heavy atom. The van der Waals surface area contributed by atoms with Crippen LogP contribution in [-0.2, 0) is 11.2 Å². The largest absolute Gasteiger partial charge is 0.428 e. The molecule has 2 rings (SSSR count). The Morgan fingerprint density at radius 1 is 1.09 bits per heavy atom. The Hall–Kier alpha value is -1.90. The van der Waals surface area contributed by atoms with Crippen molar-refractivity contribution in [3.8, 4) is 11.5 Å². The molecule has 122 valence electrons. The summed E-state index contributed by atoms with van der Waals surface area (Å²) in [6.07, 6.45) is -13.2. The van der Waals surface area contributed by atoms with Gasteiger partial charge in [0.25, 0.3) is 6.10 Å². The lowest BCUT2D eigenvalue weighted by Crippen LogP contribution is -2.47. The lowest BCUT2D eigenvalue weighted by Gasteiger charge is -2.24. The van der Waals surface area contributed by atoms with Crippen molar-refractivity contribution < 1.29 is 40.6 Å². The van der Waals surface area contributed by atoms with Gasteiger partial charge in [-0.3, -0.25) is 4.74 Å². The van der Waals surface area contributed by atoms with Gasteiger partial charge in [-0.25, -0.2) is 0 Å². The van der Waals surface area contributed by atoms with Gasteiger partial charge in [-0.15, -0.1) is 6.58 Å². The molecule has 1 aromatic rings. The van der Waals surface area contributed by atoms with Crippen LogP contribution in [0, 0.1) is 0 Å². The minimum Gasteiger partial charge on any atom is -0.428 e. The van der Waals surface area contributed by atoms with Crippen LogP contribution < -0.4 is 9.47 Å². The molecule has 9 heteroatoms. The third-order valence-corrected chi connectivity index (χ3v) is 2.68. The van der Waals surface area contributed by atoms with Crippen LogP contribution in [0.1, 0.15) is 5.56 Å². The molecule has 0 amide bonds. The van der Waals surface area contributed by atoms with E-state index in [0.29, 0.717) is 12.0 Å². The van der Waals surface area contributed by atoms with Gasteiger partial charge in [-0.1, -0.05) is 12.1 Å². The van der Waals surface area contributed by atoms with Gasteiger partial charge in [-0.2, -0.15) is 26.3 Å². The Morgan fingerprint density at radius 3 is 2.23 bits per heavy atom. The number of ether oxygens (including phenoxy) is 3. The molecular formula is C13H10F6O3. The standard InChI is InChI=1S/C13H10F6O3/c1-2-3-7-4-5-8-9(6-7)21-11(20-8)22-10(12(14,15)16)13(17,18)19/h2,4-6,10-11H,1,3H2. The van der Waals surface area contributed by atoms with E-state index < -0.39 is 24.9 Å². The van der Waals surface area contributed by atoms with Crippen LogP contribution in [0.25, 0.3) is 0 Å². The second-order valence-corrected chi connectivity index (χ2v) is 4.40. The van der Waals surface area contributed by atoms with E-state index in [1.54, 1.807) is 12.1 Å². The first-order valence-corrected chi connectivity index (χ1v) is 5.97. The second-order valence-electron chi connectivity index (χ2n) is 4.40. The minimum absolute atomic E-state index is 0.000844. The molecule has 0 saturated carbocycles. The Bertz CT molecular complexity index is 538. The maximum atomic E-state index is 12.4. The fraction of sp³-hybridized carbons (Fsp3) is 0.385. The van der Waals surface area contributed by atoms with Gasteiger partial charge in [0, 0.05) is 0 Å². The SMILES string of the molecule is C=CCc1ccc2c(c1)OC(OC(C(F)(F)F)C(F)(F)F)O2. The highest BCUT2D eigenvalue weighted by atomic mass is 19.4. The Labute approximate surface area is 121 Å². The molecule has 0 bridgehead atoms. The molecule has 22 heavy (non-hydrogen) atoms. The van der Waals surface area contributed by atoms with E-state index in [-0.39, 0.29) is 11.5 Å². The highest BCUT2D eigenvalue weighted by Gasteiger charge is 2.59. The summed E-state index contributed by atoms with van der Waals surface area (Å²) in [6, 6.07) is 4.38. The Balaban J connectivity index is 2.11. The predicted octanol–water partition coefficient (Wildman–Crippen LogP) is 3.98. The lowest BCUT2D eigenvalue weighted by molar-refractivity contribution is -0.364. The van der Waals surface area contributed by atoms with Crippen molar-refractivity contribution >= 4 is 0 Å². The van der Waals surface area contributed by atoms with Crippen LogP contribution in [0.5, 0.6) is 11.5 Å². The molecule has 0 N–H and O–H groups in total. The summed E-state index contributed by atoms with van der Waals surface area (Å²) in [5, 5.41) is 0. The quantitative estimate of drug-likeness (QED) is 0.618. The highest BCUT2D eigenvalue weighted by molar-refractivity contribution is 5.45. The maximum Gasteiger partial charge on any atom is 0.423 e. The Kier molecular flexibility index (Phi) is 4.28. The number of halogens is 6. The molecule has 0 aromatic heterocycles. The second kappa shape index (κ2) is 5.71. The molecule has 1 aliphatic rings. The van der Waals surface area contributed by atoms with Crippen LogP contribution in [0.3, 0.4) is 0 Å². The zero-order valence-corrected chi connectivity index (χ0v) is 10.9. The van der Waals surface area contributed by atoms with Gasteiger partial charge in [0.15, 0.2) is 11.5 Å². The minimum atomic E-state index is -5.63. The first-order chi connectivity index (χ1) is 10.1. The van der Waals surface area contributed by atoms with Crippen molar-refractivity contribution in [3.63, 3.8) is 0 Å². The first kappa shape index (κ1) is 16.5. The molecule has 3 nitrogen and oxygen atoms in total. The molecule has 1 aromatic carbocycles.